The summed E-state index contributed by atoms with van der Waals surface area (Å²) in [4.78, 5) is 13.8. The van der Waals surface area contributed by atoms with E-state index < -0.39 is 43.2 Å². The standard InChI is InChI=1S/C44H72O12/c1-22-14-32-10-12-34-24(3)15-36(53-34)23(2)13-29(47)18-37-27(6)42-44(56-37)41(50-7)26(5)35(55-42)11-9-28(46)16-30(48)17-33-39(20-38(52-32)25(22)4)54-40(43(33)51-8)19-31(49)21-45/h22-23,26-29,31-47,49H,3-4,9-21H2,1-2,5-8H3/t22-,23+,26?,27?,28?,29?,31?,32?,33?,34+,35+,36?,37-,38?,39?,40?,41?,42?,43-,44?/m1/s1. The van der Waals surface area contributed by atoms with Gasteiger partial charge in [0.2, 0.25) is 0 Å². The van der Waals surface area contributed by atoms with E-state index in [0.717, 1.165) is 36.8 Å². The Labute approximate surface area is 334 Å². The van der Waals surface area contributed by atoms with E-state index in [1.165, 1.54) is 0 Å². The van der Waals surface area contributed by atoms with Crippen molar-refractivity contribution in [3.8, 4) is 0 Å². The van der Waals surface area contributed by atoms with E-state index in [9.17, 15) is 25.2 Å². The molecule has 0 aliphatic carbocycles. The topological polar surface area (TPSA) is 163 Å². The number of Topliss-reactive ketones (excluding diaryl/α,β-unsaturated/α-hetero) is 1. The maximum absolute atomic E-state index is 13.8. The fraction of sp³-hybridized carbons (Fsp3) is 0.886. The number of rotatable bonds is 5. The van der Waals surface area contributed by atoms with Crippen LogP contribution in [0.1, 0.15) is 105 Å². The van der Waals surface area contributed by atoms with E-state index in [0.29, 0.717) is 32.1 Å². The molecule has 0 radical (unpaired) electrons. The van der Waals surface area contributed by atoms with Gasteiger partial charge in [-0.3, -0.25) is 4.79 Å². The lowest BCUT2D eigenvalue weighted by Gasteiger charge is -2.43. The van der Waals surface area contributed by atoms with E-state index in [2.05, 4.69) is 40.9 Å². The summed E-state index contributed by atoms with van der Waals surface area (Å²) in [5.41, 5.74) is 2.08. The van der Waals surface area contributed by atoms with E-state index in [4.69, 9.17) is 33.2 Å². The van der Waals surface area contributed by atoms with Crippen LogP contribution in [0.3, 0.4) is 0 Å². The fourth-order valence-electron chi connectivity index (χ4n) is 10.9. The number of carbonyl (C=O) groups is 1. The summed E-state index contributed by atoms with van der Waals surface area (Å²) in [6.45, 7) is 17.0. The van der Waals surface area contributed by atoms with Gasteiger partial charge in [-0.25, -0.2) is 0 Å². The molecular weight excluding hydrogens is 720 g/mol. The maximum atomic E-state index is 13.8. The molecule has 6 rings (SSSR count). The number of ketones is 1. The first kappa shape index (κ1) is 44.3. The van der Waals surface area contributed by atoms with Gasteiger partial charge in [0.25, 0.3) is 0 Å². The third-order valence-electron chi connectivity index (χ3n) is 14.4. The molecule has 0 aromatic rings. The summed E-state index contributed by atoms with van der Waals surface area (Å²) < 4.78 is 45.3. The molecule has 20 atom stereocenters. The molecule has 14 unspecified atom stereocenters. The largest absolute Gasteiger partial charge is 0.394 e. The van der Waals surface area contributed by atoms with Gasteiger partial charge in [-0.05, 0) is 74.3 Å². The third-order valence-corrected chi connectivity index (χ3v) is 14.4. The van der Waals surface area contributed by atoms with Crippen LogP contribution in [0.4, 0.5) is 0 Å². The van der Waals surface area contributed by atoms with Gasteiger partial charge in [-0.2, -0.15) is 0 Å². The molecule has 7 bridgehead atoms. The second kappa shape index (κ2) is 19.4. The summed E-state index contributed by atoms with van der Waals surface area (Å²) in [5.74, 6) is -0.0509. The molecule has 0 aromatic heterocycles. The molecule has 12 nitrogen and oxygen atoms in total. The smallest absolute Gasteiger partial charge is 0.135 e. The van der Waals surface area contributed by atoms with Crippen LogP contribution >= 0.6 is 0 Å². The average molecular weight is 793 g/mol. The van der Waals surface area contributed by atoms with Gasteiger partial charge in [0.1, 0.15) is 11.9 Å². The predicted octanol–water partition coefficient (Wildman–Crippen LogP) is 4.47. The molecule has 0 spiro atoms. The summed E-state index contributed by atoms with van der Waals surface area (Å²) in [6, 6.07) is 0. The summed E-state index contributed by atoms with van der Waals surface area (Å²) >= 11 is 0. The Balaban J connectivity index is 1.22. The average Bonchev–Trinajstić information content (AvgIpc) is 3.79. The normalized spacial score (nSPS) is 47.9. The number of fused-ring (bicyclic) bond motifs is 7. The maximum Gasteiger partial charge on any atom is 0.135 e. The number of aliphatic hydroxyl groups is 4. The molecule has 56 heavy (non-hydrogen) atoms. The van der Waals surface area contributed by atoms with E-state index in [-0.39, 0.29) is 110 Å². The van der Waals surface area contributed by atoms with E-state index >= 15 is 0 Å². The van der Waals surface area contributed by atoms with Crippen LogP contribution in [0.25, 0.3) is 0 Å². The van der Waals surface area contributed by atoms with Gasteiger partial charge in [-0.1, -0.05) is 40.9 Å². The summed E-state index contributed by atoms with van der Waals surface area (Å²) in [7, 11) is 3.29. The van der Waals surface area contributed by atoms with Crippen LogP contribution in [-0.2, 0) is 38.0 Å². The SMILES string of the molecule is C=C1C2CC3OC(CC(O)CO)[C@H](OC)C3CC(=O)CC(O)CC[C@@H]3OC4C(O[C@H](CC(O)C[C@H](C)C5CC(=C)[C@H](CCC(C[C@H]1C)O2)O5)C4C)C(OC)C3C. The second-order valence-corrected chi connectivity index (χ2v) is 18.4. The highest BCUT2D eigenvalue weighted by Crippen LogP contribution is 2.45. The second-order valence-electron chi connectivity index (χ2n) is 18.4. The van der Waals surface area contributed by atoms with Crippen molar-refractivity contribution in [2.45, 2.75) is 196 Å². The lowest BCUT2D eigenvalue weighted by Crippen LogP contribution is -2.53. The summed E-state index contributed by atoms with van der Waals surface area (Å²) in [5, 5.41) is 42.6. The first-order valence-electron chi connectivity index (χ1n) is 21.6. The molecule has 0 amide bonds. The molecule has 0 aromatic carbocycles. The minimum Gasteiger partial charge on any atom is -0.394 e. The molecule has 12 heteroatoms. The number of aliphatic hydroxyl groups excluding tert-OH is 4. The van der Waals surface area contributed by atoms with Crippen molar-refractivity contribution in [1.29, 1.82) is 0 Å². The highest BCUT2D eigenvalue weighted by atomic mass is 16.6. The molecule has 6 heterocycles. The highest BCUT2D eigenvalue weighted by Gasteiger charge is 2.54. The predicted molar refractivity (Wildman–Crippen MR) is 209 cm³/mol. The minimum absolute atomic E-state index is 0.00705. The van der Waals surface area contributed by atoms with Crippen LogP contribution in [0, 0.1) is 29.6 Å². The molecule has 6 aliphatic heterocycles. The Hall–Kier alpha value is -1.29. The molecule has 320 valence electrons. The van der Waals surface area contributed by atoms with Gasteiger partial charge in [0.15, 0.2) is 0 Å². The van der Waals surface area contributed by atoms with Crippen LogP contribution in [0.15, 0.2) is 24.3 Å². The number of hydrogen-bond donors (Lipinski definition) is 4. The molecule has 0 saturated carbocycles. The fourth-order valence-corrected chi connectivity index (χ4v) is 10.9. The van der Waals surface area contributed by atoms with Gasteiger partial charge < -0.3 is 53.6 Å². The van der Waals surface area contributed by atoms with Gasteiger partial charge in [-0.15, -0.1) is 0 Å². The minimum atomic E-state index is -0.986. The van der Waals surface area contributed by atoms with Crippen molar-refractivity contribution in [2.75, 3.05) is 20.8 Å². The van der Waals surface area contributed by atoms with Crippen molar-refractivity contribution in [3.05, 3.63) is 24.3 Å². The molecule has 6 fully saturated rings. The quantitative estimate of drug-likeness (QED) is 0.290. The van der Waals surface area contributed by atoms with Crippen molar-refractivity contribution in [2.24, 2.45) is 29.6 Å². The Kier molecular flexibility index (Phi) is 15.3. The number of carbonyl (C=O) groups excluding carboxylic acids is 1. The molecule has 6 saturated heterocycles. The Morgan fingerprint density at radius 2 is 1.45 bits per heavy atom. The Morgan fingerprint density at radius 1 is 0.714 bits per heavy atom. The lowest BCUT2D eigenvalue weighted by molar-refractivity contribution is -0.197. The number of methoxy groups -OCH3 is 2. The monoisotopic (exact) mass is 793 g/mol. The van der Waals surface area contributed by atoms with Gasteiger partial charge in [0, 0.05) is 57.7 Å². The van der Waals surface area contributed by atoms with Crippen LogP contribution in [0.2, 0.25) is 0 Å². The number of ether oxygens (including phenoxy) is 7. The van der Waals surface area contributed by atoms with Crippen LogP contribution in [0.5, 0.6) is 0 Å². The lowest BCUT2D eigenvalue weighted by atomic mass is 9.81. The first-order chi connectivity index (χ1) is 26.7. The number of hydrogen-bond acceptors (Lipinski definition) is 12. The zero-order valence-corrected chi connectivity index (χ0v) is 34.7. The van der Waals surface area contributed by atoms with Crippen molar-refractivity contribution >= 4 is 5.78 Å². The molecule has 6 aliphatic rings. The van der Waals surface area contributed by atoms with Crippen molar-refractivity contribution in [1.82, 2.24) is 0 Å². The van der Waals surface area contributed by atoms with Crippen molar-refractivity contribution < 1.29 is 58.4 Å². The third kappa shape index (κ3) is 10.0. The molecular formula is C44H72O12. The zero-order chi connectivity index (χ0) is 40.4. The van der Waals surface area contributed by atoms with Gasteiger partial charge in [0.05, 0.1) is 92.1 Å². The Bertz CT molecular complexity index is 1330. The van der Waals surface area contributed by atoms with Crippen LogP contribution < -0.4 is 0 Å². The van der Waals surface area contributed by atoms with Crippen LogP contribution in [-0.4, -0.2) is 139 Å². The highest BCUT2D eigenvalue weighted by molar-refractivity contribution is 5.79. The van der Waals surface area contributed by atoms with Gasteiger partial charge >= 0.3 is 0 Å². The zero-order valence-electron chi connectivity index (χ0n) is 34.7. The molecule has 4 N–H and O–H groups in total. The summed E-state index contributed by atoms with van der Waals surface area (Å²) in [6.07, 6.45) is 0.684. The first-order valence-corrected chi connectivity index (χ1v) is 21.6. The van der Waals surface area contributed by atoms with Crippen molar-refractivity contribution in [3.63, 3.8) is 0 Å². The Morgan fingerprint density at radius 3 is 2.16 bits per heavy atom. The van der Waals surface area contributed by atoms with E-state index in [1.54, 1.807) is 14.2 Å². The van der Waals surface area contributed by atoms with E-state index in [1.807, 2.05) is 0 Å².